The van der Waals surface area contributed by atoms with Crippen molar-refractivity contribution in [3.8, 4) is 11.5 Å². The van der Waals surface area contributed by atoms with Gasteiger partial charge in [-0.15, -0.1) is 11.3 Å². The van der Waals surface area contributed by atoms with Crippen molar-refractivity contribution in [3.05, 3.63) is 10.8 Å². The van der Waals surface area contributed by atoms with E-state index in [1.54, 1.807) is 10.8 Å². The molecule has 12 heavy (non-hydrogen) atoms. The molecule has 1 aliphatic rings. The lowest BCUT2D eigenvalue weighted by Gasteiger charge is -2.20. The van der Waals surface area contributed by atoms with Crippen LogP contribution < -0.4 is 9.47 Å². The van der Waals surface area contributed by atoms with Gasteiger partial charge in [0.05, 0.1) is 0 Å². The molecule has 0 amide bonds. The molecule has 1 aromatic heterocycles. The molecular weight excluding hydrogens is 180 g/mol. The molecule has 0 spiro atoms. The van der Waals surface area contributed by atoms with Crippen LogP contribution in [0.15, 0.2) is 10.8 Å². The second-order valence-corrected chi connectivity index (χ2v) is 3.10. The minimum Gasteiger partial charge on any atom is -0.484 e. The van der Waals surface area contributed by atoms with Crippen molar-refractivity contribution >= 4 is 17.3 Å². The zero-order chi connectivity index (χ0) is 8.55. The maximum absolute atomic E-state index is 10.5. The topological polar surface area (TPSA) is 55.8 Å². The molecule has 2 heterocycles. The van der Waals surface area contributed by atoms with Crippen LogP contribution >= 0.6 is 11.3 Å². The molecule has 5 heteroatoms. The highest BCUT2D eigenvalue weighted by molar-refractivity contribution is 7.08. The Bertz CT molecular complexity index is 306. The maximum Gasteiger partial charge on any atom is 0.348 e. The second-order valence-electron chi connectivity index (χ2n) is 2.36. The van der Waals surface area contributed by atoms with E-state index in [0.717, 1.165) is 0 Å². The highest BCUT2D eigenvalue weighted by Gasteiger charge is 2.27. The van der Waals surface area contributed by atoms with Crippen LogP contribution in [0.4, 0.5) is 0 Å². The smallest absolute Gasteiger partial charge is 0.348 e. The molecule has 0 saturated heterocycles. The van der Waals surface area contributed by atoms with E-state index < -0.39 is 12.1 Å². The van der Waals surface area contributed by atoms with Gasteiger partial charge in [0.1, 0.15) is 6.61 Å². The summed E-state index contributed by atoms with van der Waals surface area (Å²) >= 11 is 1.43. The van der Waals surface area contributed by atoms with Crippen LogP contribution in [-0.2, 0) is 4.79 Å². The van der Waals surface area contributed by atoms with Crippen molar-refractivity contribution in [1.82, 2.24) is 0 Å². The summed E-state index contributed by atoms with van der Waals surface area (Å²) in [7, 11) is 0. The number of hydrogen-bond acceptors (Lipinski definition) is 4. The number of rotatable bonds is 1. The lowest BCUT2D eigenvalue weighted by molar-refractivity contribution is -0.147. The van der Waals surface area contributed by atoms with Crippen molar-refractivity contribution in [2.45, 2.75) is 6.10 Å². The van der Waals surface area contributed by atoms with Crippen molar-refractivity contribution in [3.63, 3.8) is 0 Å². The highest BCUT2D eigenvalue weighted by Crippen LogP contribution is 2.35. The summed E-state index contributed by atoms with van der Waals surface area (Å²) in [5, 5.41) is 12.1. The van der Waals surface area contributed by atoms with Gasteiger partial charge in [-0.05, 0) is 0 Å². The van der Waals surface area contributed by atoms with Crippen LogP contribution in [0, 0.1) is 0 Å². The lowest BCUT2D eigenvalue weighted by atomic mass is 10.3. The highest BCUT2D eigenvalue weighted by atomic mass is 32.1. The Labute approximate surface area is 72.3 Å². The van der Waals surface area contributed by atoms with E-state index in [0.29, 0.717) is 11.5 Å². The molecule has 0 aliphatic carbocycles. The Hall–Kier alpha value is -1.23. The van der Waals surface area contributed by atoms with Crippen LogP contribution in [0.1, 0.15) is 0 Å². The molecule has 2 rings (SSSR count). The van der Waals surface area contributed by atoms with Crippen LogP contribution in [0.25, 0.3) is 0 Å². The number of hydrogen-bond donors (Lipinski definition) is 1. The molecule has 1 atom stereocenters. The quantitative estimate of drug-likeness (QED) is 0.710. The summed E-state index contributed by atoms with van der Waals surface area (Å²) in [5.41, 5.74) is 0. The second kappa shape index (κ2) is 2.67. The van der Waals surface area contributed by atoms with Gasteiger partial charge in [-0.1, -0.05) is 0 Å². The fourth-order valence-electron chi connectivity index (χ4n) is 0.939. The predicted octanol–water partition coefficient (Wildman–Crippen LogP) is 0.973. The normalized spacial score (nSPS) is 20.5. The fraction of sp³-hybridized carbons (Fsp3) is 0.286. The molecule has 64 valence electrons. The van der Waals surface area contributed by atoms with Gasteiger partial charge in [0.25, 0.3) is 0 Å². The zero-order valence-corrected chi connectivity index (χ0v) is 6.84. The molecule has 0 saturated carbocycles. The van der Waals surface area contributed by atoms with E-state index in [2.05, 4.69) is 0 Å². The van der Waals surface area contributed by atoms with Crippen LogP contribution in [-0.4, -0.2) is 23.8 Å². The van der Waals surface area contributed by atoms with E-state index in [4.69, 9.17) is 14.6 Å². The number of aliphatic carboxylic acids is 1. The van der Waals surface area contributed by atoms with E-state index in [9.17, 15) is 4.79 Å². The third-order valence-electron chi connectivity index (χ3n) is 1.53. The molecular formula is C7H6O4S. The van der Waals surface area contributed by atoms with E-state index in [1.165, 1.54) is 11.3 Å². The first kappa shape index (κ1) is 7.42. The SMILES string of the molecule is O=C(O)[C@@H]1COc2cscc2O1. The Balaban J connectivity index is 2.20. The number of thiophene rings is 1. The molecule has 4 nitrogen and oxygen atoms in total. The number of ether oxygens (including phenoxy) is 2. The zero-order valence-electron chi connectivity index (χ0n) is 6.02. The molecule has 1 aromatic rings. The van der Waals surface area contributed by atoms with Crippen molar-refractivity contribution in [2.75, 3.05) is 6.61 Å². The minimum atomic E-state index is -0.994. The van der Waals surface area contributed by atoms with Crippen molar-refractivity contribution in [1.29, 1.82) is 0 Å². The van der Waals surface area contributed by atoms with E-state index in [1.807, 2.05) is 0 Å². The van der Waals surface area contributed by atoms with Crippen LogP contribution in [0.3, 0.4) is 0 Å². The van der Waals surface area contributed by atoms with Gasteiger partial charge in [0.15, 0.2) is 11.5 Å². The predicted molar refractivity (Wildman–Crippen MR) is 41.9 cm³/mol. The Morgan fingerprint density at radius 2 is 2.33 bits per heavy atom. The Morgan fingerprint density at radius 3 is 3.08 bits per heavy atom. The van der Waals surface area contributed by atoms with Crippen LogP contribution in [0.2, 0.25) is 0 Å². The molecule has 0 unspecified atom stereocenters. The molecule has 0 aromatic carbocycles. The summed E-state index contributed by atoms with van der Waals surface area (Å²) in [6.45, 7) is 0.0824. The molecule has 0 bridgehead atoms. The lowest BCUT2D eigenvalue weighted by Crippen LogP contribution is -2.35. The van der Waals surface area contributed by atoms with Gasteiger partial charge in [-0.25, -0.2) is 4.79 Å². The summed E-state index contributed by atoms with van der Waals surface area (Å²) in [6.07, 6.45) is -0.868. The average Bonchev–Trinajstić information content (AvgIpc) is 2.49. The van der Waals surface area contributed by atoms with Gasteiger partial charge in [0, 0.05) is 10.8 Å². The fourth-order valence-corrected chi connectivity index (χ4v) is 1.61. The van der Waals surface area contributed by atoms with Gasteiger partial charge >= 0.3 is 5.97 Å². The number of carboxylic acids is 1. The minimum absolute atomic E-state index is 0.0824. The summed E-state index contributed by atoms with van der Waals surface area (Å²) < 4.78 is 10.3. The monoisotopic (exact) mass is 186 g/mol. The summed E-state index contributed by atoms with van der Waals surface area (Å²) in [4.78, 5) is 10.5. The van der Waals surface area contributed by atoms with Gasteiger partial charge in [-0.3, -0.25) is 0 Å². The van der Waals surface area contributed by atoms with Crippen LogP contribution in [0.5, 0.6) is 11.5 Å². The number of carbonyl (C=O) groups is 1. The van der Waals surface area contributed by atoms with E-state index in [-0.39, 0.29) is 6.61 Å². The first-order chi connectivity index (χ1) is 5.77. The molecule has 0 radical (unpaired) electrons. The van der Waals surface area contributed by atoms with E-state index >= 15 is 0 Å². The summed E-state index contributed by atoms with van der Waals surface area (Å²) in [5.74, 6) is 0.169. The summed E-state index contributed by atoms with van der Waals surface area (Å²) in [6, 6.07) is 0. The molecule has 0 fully saturated rings. The standard InChI is InChI=1S/C7H6O4S/c8-7(9)4-1-10-5-2-12-3-6(5)11-4/h2-4H,1H2,(H,8,9)/t4-/m0/s1. The molecule has 1 aliphatic heterocycles. The van der Waals surface area contributed by atoms with Crippen molar-refractivity contribution in [2.24, 2.45) is 0 Å². The maximum atomic E-state index is 10.5. The Morgan fingerprint density at radius 1 is 1.58 bits per heavy atom. The Kier molecular flexibility index (Phi) is 1.65. The van der Waals surface area contributed by atoms with Gasteiger partial charge in [0.2, 0.25) is 6.10 Å². The largest absolute Gasteiger partial charge is 0.484 e. The third kappa shape index (κ3) is 1.12. The van der Waals surface area contributed by atoms with Crippen molar-refractivity contribution < 1.29 is 19.4 Å². The first-order valence-electron chi connectivity index (χ1n) is 3.36. The first-order valence-corrected chi connectivity index (χ1v) is 4.30. The average molecular weight is 186 g/mol. The number of fused-ring (bicyclic) bond motifs is 1. The number of carboxylic acid groups (broad SMARTS) is 1. The van der Waals surface area contributed by atoms with Gasteiger partial charge < -0.3 is 14.6 Å². The van der Waals surface area contributed by atoms with Gasteiger partial charge in [-0.2, -0.15) is 0 Å². The molecule has 1 N–H and O–H groups in total. The third-order valence-corrected chi connectivity index (χ3v) is 2.23.